The average molecular weight is 372 g/mol. The largest absolute Gasteiger partial charge is 0.273 e. The first-order valence-corrected chi connectivity index (χ1v) is 9.31. The van der Waals surface area contributed by atoms with E-state index in [0.29, 0.717) is 5.56 Å². The van der Waals surface area contributed by atoms with Gasteiger partial charge in [0, 0.05) is 17.9 Å². The van der Waals surface area contributed by atoms with Gasteiger partial charge in [-0.15, -0.1) is 0 Å². The highest BCUT2D eigenvalue weighted by Gasteiger charge is 2.18. The Balaban J connectivity index is 1.68. The van der Waals surface area contributed by atoms with Gasteiger partial charge >= 0.3 is 0 Å². The fourth-order valence-electron chi connectivity index (χ4n) is 3.30. The van der Waals surface area contributed by atoms with E-state index >= 15 is 0 Å². The van der Waals surface area contributed by atoms with E-state index in [2.05, 4.69) is 10.9 Å². The Kier molecular flexibility index (Phi) is 6.22. The Hall–Kier alpha value is -3.40. The van der Waals surface area contributed by atoms with Crippen LogP contribution in [-0.2, 0) is 4.79 Å². The van der Waals surface area contributed by atoms with Crippen LogP contribution in [0, 0.1) is 13.8 Å². The van der Waals surface area contributed by atoms with Gasteiger partial charge in [0.15, 0.2) is 0 Å². The fourth-order valence-corrected chi connectivity index (χ4v) is 3.30. The smallest absolute Gasteiger partial charge is 0.269 e. The highest BCUT2D eigenvalue weighted by atomic mass is 16.2. The third-order valence-electron chi connectivity index (χ3n) is 4.74. The molecule has 3 aromatic carbocycles. The van der Waals surface area contributed by atoms with Gasteiger partial charge in [-0.05, 0) is 36.6 Å². The molecule has 0 aliphatic heterocycles. The molecule has 3 rings (SSSR count). The second-order valence-corrected chi connectivity index (χ2v) is 6.90. The predicted molar refractivity (Wildman–Crippen MR) is 111 cm³/mol. The maximum Gasteiger partial charge on any atom is 0.269 e. The van der Waals surface area contributed by atoms with E-state index < -0.39 is 0 Å². The van der Waals surface area contributed by atoms with Gasteiger partial charge in [0.2, 0.25) is 5.91 Å². The number of amides is 2. The van der Waals surface area contributed by atoms with Gasteiger partial charge in [-0.1, -0.05) is 78.4 Å². The van der Waals surface area contributed by atoms with Crippen molar-refractivity contribution < 1.29 is 9.59 Å². The first kappa shape index (κ1) is 19.4. The van der Waals surface area contributed by atoms with Gasteiger partial charge in [0.1, 0.15) is 0 Å². The van der Waals surface area contributed by atoms with Gasteiger partial charge < -0.3 is 0 Å². The maximum absolute atomic E-state index is 12.5. The van der Waals surface area contributed by atoms with Gasteiger partial charge in [0.25, 0.3) is 5.91 Å². The number of hydrazine groups is 1. The van der Waals surface area contributed by atoms with Crippen LogP contribution in [0.5, 0.6) is 0 Å². The summed E-state index contributed by atoms with van der Waals surface area (Å²) >= 11 is 0. The summed E-state index contributed by atoms with van der Waals surface area (Å²) in [5, 5.41) is 0. The molecule has 4 nitrogen and oxygen atoms in total. The molecule has 0 heterocycles. The Bertz CT molecular complexity index is 913. The minimum absolute atomic E-state index is 0.0830. The van der Waals surface area contributed by atoms with E-state index in [1.54, 1.807) is 6.07 Å². The lowest BCUT2D eigenvalue weighted by atomic mass is 9.88. The highest BCUT2D eigenvalue weighted by Crippen LogP contribution is 2.27. The van der Waals surface area contributed by atoms with E-state index in [-0.39, 0.29) is 24.2 Å². The van der Waals surface area contributed by atoms with E-state index in [1.165, 1.54) is 0 Å². The van der Waals surface area contributed by atoms with E-state index in [1.807, 2.05) is 86.6 Å². The van der Waals surface area contributed by atoms with Gasteiger partial charge in [-0.25, -0.2) is 0 Å². The van der Waals surface area contributed by atoms with Crippen molar-refractivity contribution in [3.63, 3.8) is 0 Å². The molecule has 0 unspecified atom stereocenters. The maximum atomic E-state index is 12.5. The molecule has 28 heavy (non-hydrogen) atoms. The minimum atomic E-state index is -0.318. The van der Waals surface area contributed by atoms with Crippen molar-refractivity contribution in [2.45, 2.75) is 26.2 Å². The molecule has 0 atom stereocenters. The molecule has 0 aliphatic rings. The van der Waals surface area contributed by atoms with Crippen LogP contribution in [0.25, 0.3) is 0 Å². The zero-order valence-corrected chi connectivity index (χ0v) is 16.1. The second kappa shape index (κ2) is 9.00. The number of hydrogen-bond acceptors (Lipinski definition) is 2. The number of carbonyl (C=O) groups is 2. The zero-order valence-electron chi connectivity index (χ0n) is 16.1. The molecule has 0 fully saturated rings. The quantitative estimate of drug-likeness (QED) is 0.657. The van der Waals surface area contributed by atoms with E-state index in [9.17, 15) is 9.59 Å². The molecular weight excluding hydrogens is 348 g/mol. The van der Waals surface area contributed by atoms with Crippen LogP contribution in [-0.4, -0.2) is 11.8 Å². The van der Waals surface area contributed by atoms with E-state index in [4.69, 9.17) is 0 Å². The first-order chi connectivity index (χ1) is 13.5. The van der Waals surface area contributed by atoms with Crippen molar-refractivity contribution in [1.82, 2.24) is 10.9 Å². The predicted octanol–water partition coefficient (Wildman–Crippen LogP) is 4.29. The van der Waals surface area contributed by atoms with Crippen LogP contribution in [0.15, 0.2) is 78.9 Å². The summed E-state index contributed by atoms with van der Waals surface area (Å²) in [6.07, 6.45) is 0.237. The summed E-state index contributed by atoms with van der Waals surface area (Å²) < 4.78 is 0. The Morgan fingerprint density at radius 3 is 1.89 bits per heavy atom. The molecule has 4 heteroatoms. The molecule has 0 bridgehead atoms. The number of hydrogen-bond donors (Lipinski definition) is 2. The summed E-state index contributed by atoms with van der Waals surface area (Å²) in [6, 6.07) is 25.4. The summed E-state index contributed by atoms with van der Waals surface area (Å²) in [5.41, 5.74) is 9.72. The molecule has 3 aromatic rings. The number of aryl methyl sites for hydroxylation is 2. The monoisotopic (exact) mass is 372 g/mol. The molecule has 0 aliphatic carbocycles. The lowest BCUT2D eigenvalue weighted by molar-refractivity contribution is -0.122. The van der Waals surface area contributed by atoms with Gasteiger partial charge in [-0.2, -0.15) is 0 Å². The second-order valence-electron chi connectivity index (χ2n) is 6.90. The molecule has 0 saturated heterocycles. The van der Waals surface area contributed by atoms with Crippen molar-refractivity contribution in [3.8, 4) is 0 Å². The van der Waals surface area contributed by atoms with Crippen molar-refractivity contribution in [1.29, 1.82) is 0 Å². The number of benzene rings is 3. The van der Waals surface area contributed by atoms with Crippen LogP contribution in [0.4, 0.5) is 0 Å². The molecule has 0 radical (unpaired) electrons. The molecule has 142 valence electrons. The number of nitrogens with one attached hydrogen (secondary N) is 2. The molecule has 0 saturated carbocycles. The Morgan fingerprint density at radius 1 is 0.786 bits per heavy atom. The van der Waals surface area contributed by atoms with Crippen LogP contribution in [0.1, 0.15) is 45.0 Å². The van der Waals surface area contributed by atoms with Crippen molar-refractivity contribution in [2.24, 2.45) is 0 Å². The normalized spacial score (nSPS) is 10.5. The Labute approximate surface area is 165 Å². The number of rotatable bonds is 5. The lowest BCUT2D eigenvalue weighted by Gasteiger charge is -2.18. The van der Waals surface area contributed by atoms with Crippen LogP contribution < -0.4 is 10.9 Å². The zero-order chi connectivity index (χ0) is 19.9. The average Bonchev–Trinajstić information content (AvgIpc) is 2.71. The minimum Gasteiger partial charge on any atom is -0.273 e. The molecule has 2 N–H and O–H groups in total. The van der Waals surface area contributed by atoms with Crippen molar-refractivity contribution in [3.05, 3.63) is 107 Å². The Morgan fingerprint density at radius 2 is 1.36 bits per heavy atom. The molecular formula is C24H24N2O2. The summed E-state index contributed by atoms with van der Waals surface area (Å²) in [5.74, 6) is -0.641. The molecule has 0 spiro atoms. The van der Waals surface area contributed by atoms with E-state index in [0.717, 1.165) is 22.3 Å². The topological polar surface area (TPSA) is 58.2 Å². The third kappa shape index (κ3) is 4.86. The third-order valence-corrected chi connectivity index (χ3v) is 4.74. The summed E-state index contributed by atoms with van der Waals surface area (Å²) in [7, 11) is 0. The summed E-state index contributed by atoms with van der Waals surface area (Å²) in [6.45, 7) is 3.86. The van der Waals surface area contributed by atoms with Crippen LogP contribution in [0.3, 0.4) is 0 Å². The first-order valence-electron chi connectivity index (χ1n) is 9.31. The van der Waals surface area contributed by atoms with Crippen LogP contribution in [0.2, 0.25) is 0 Å². The van der Waals surface area contributed by atoms with Crippen molar-refractivity contribution >= 4 is 11.8 Å². The molecule has 0 aromatic heterocycles. The number of carbonyl (C=O) groups excluding carboxylic acids is 2. The SMILES string of the molecule is Cc1ccc(C(=O)NNC(=O)CC(c2ccccc2)c2ccccc2)c(C)c1. The fraction of sp³-hybridized carbons (Fsp3) is 0.167. The van der Waals surface area contributed by atoms with Gasteiger partial charge in [-0.3, -0.25) is 20.4 Å². The molecule has 2 amide bonds. The van der Waals surface area contributed by atoms with Crippen LogP contribution >= 0.6 is 0 Å². The highest BCUT2D eigenvalue weighted by molar-refractivity contribution is 5.96. The summed E-state index contributed by atoms with van der Waals surface area (Å²) in [4.78, 5) is 24.9. The van der Waals surface area contributed by atoms with Gasteiger partial charge in [0.05, 0.1) is 0 Å². The van der Waals surface area contributed by atoms with Crippen molar-refractivity contribution in [2.75, 3.05) is 0 Å². The lowest BCUT2D eigenvalue weighted by Crippen LogP contribution is -2.42. The standard InChI is InChI=1S/C24H24N2O2/c1-17-13-14-21(18(2)15-17)24(28)26-25-23(27)16-22(19-9-5-3-6-10-19)20-11-7-4-8-12-20/h3-15,22H,16H2,1-2H3,(H,25,27)(H,26,28).